The molecule has 4 N–H and O–H groups in total. The molecule has 2 aromatic carbocycles. The Morgan fingerprint density at radius 3 is 2.27 bits per heavy atom. The van der Waals surface area contributed by atoms with Gasteiger partial charge in [-0.1, -0.05) is 25.5 Å². The first-order chi connectivity index (χ1) is 12.0. The van der Waals surface area contributed by atoms with E-state index in [4.69, 9.17) is 5.73 Å². The summed E-state index contributed by atoms with van der Waals surface area (Å²) in [5, 5.41) is 5.52. The molecule has 26 heavy (non-hydrogen) atoms. The van der Waals surface area contributed by atoms with Crippen molar-refractivity contribution in [3.05, 3.63) is 65.5 Å². The van der Waals surface area contributed by atoms with E-state index in [0.29, 0.717) is 24.2 Å². The second kappa shape index (κ2) is 10.5. The summed E-state index contributed by atoms with van der Waals surface area (Å²) in [6, 6.07) is 12.0. The lowest BCUT2D eigenvalue weighted by molar-refractivity contribution is -0.122. The molecule has 2 rings (SSSR count). The third-order valence-electron chi connectivity index (χ3n) is 3.72. The highest BCUT2D eigenvalue weighted by atomic mass is 35.5. The van der Waals surface area contributed by atoms with Crippen molar-refractivity contribution in [2.45, 2.75) is 32.4 Å². The molecule has 5 nitrogen and oxygen atoms in total. The van der Waals surface area contributed by atoms with E-state index in [1.54, 1.807) is 12.1 Å². The number of benzene rings is 2. The molecule has 2 amide bonds. The highest BCUT2D eigenvalue weighted by Gasteiger charge is 2.11. The second-order valence-electron chi connectivity index (χ2n) is 5.77. The summed E-state index contributed by atoms with van der Waals surface area (Å²) in [7, 11) is 0. The van der Waals surface area contributed by atoms with Crippen LogP contribution in [0.2, 0.25) is 0 Å². The maximum Gasteiger partial charge on any atom is 0.255 e. The number of amides is 2. The third kappa shape index (κ3) is 6.46. The Bertz CT molecular complexity index is 721. The van der Waals surface area contributed by atoms with Crippen LogP contribution in [-0.4, -0.2) is 17.9 Å². The van der Waals surface area contributed by atoms with Gasteiger partial charge in [-0.2, -0.15) is 0 Å². The van der Waals surface area contributed by atoms with Crippen molar-refractivity contribution < 1.29 is 14.0 Å². The number of carbonyl (C=O) groups is 2. The first kappa shape index (κ1) is 21.6. The highest BCUT2D eigenvalue weighted by Crippen LogP contribution is 2.12. The van der Waals surface area contributed by atoms with Gasteiger partial charge in [-0.05, 0) is 48.4 Å². The van der Waals surface area contributed by atoms with Crippen LogP contribution < -0.4 is 16.4 Å². The van der Waals surface area contributed by atoms with Crippen molar-refractivity contribution >= 4 is 29.9 Å². The summed E-state index contributed by atoms with van der Waals surface area (Å²) in [6.07, 6.45) is 1.51. The largest absolute Gasteiger partial charge is 0.351 e. The zero-order valence-corrected chi connectivity index (χ0v) is 15.3. The van der Waals surface area contributed by atoms with Gasteiger partial charge in [-0.3, -0.25) is 9.59 Å². The molecule has 0 aliphatic rings. The van der Waals surface area contributed by atoms with Crippen molar-refractivity contribution in [1.29, 1.82) is 0 Å². The van der Waals surface area contributed by atoms with Gasteiger partial charge in [0.05, 0.1) is 6.04 Å². The number of halogens is 2. The number of nitrogens with one attached hydrogen (secondary N) is 2. The van der Waals surface area contributed by atoms with E-state index >= 15 is 0 Å². The van der Waals surface area contributed by atoms with E-state index in [-0.39, 0.29) is 30.0 Å². The van der Waals surface area contributed by atoms with Gasteiger partial charge in [0.15, 0.2) is 0 Å². The van der Waals surface area contributed by atoms with Crippen LogP contribution in [0.4, 0.5) is 10.1 Å². The molecular formula is C19H23ClFN3O2. The van der Waals surface area contributed by atoms with Crippen LogP contribution in [0, 0.1) is 5.82 Å². The number of nitrogens with two attached hydrogens (primary N) is 1. The van der Waals surface area contributed by atoms with E-state index < -0.39 is 6.04 Å². The van der Waals surface area contributed by atoms with Gasteiger partial charge in [0.1, 0.15) is 5.82 Å². The van der Waals surface area contributed by atoms with Gasteiger partial charge in [-0.15, -0.1) is 12.4 Å². The van der Waals surface area contributed by atoms with Gasteiger partial charge >= 0.3 is 0 Å². The zero-order chi connectivity index (χ0) is 18.2. The molecule has 0 aromatic heterocycles. The molecule has 1 unspecified atom stereocenters. The minimum Gasteiger partial charge on any atom is -0.351 e. The van der Waals surface area contributed by atoms with Crippen LogP contribution in [0.3, 0.4) is 0 Å². The normalized spacial score (nSPS) is 11.2. The molecule has 0 aliphatic carbocycles. The summed E-state index contributed by atoms with van der Waals surface area (Å²) in [4.78, 5) is 23.8. The van der Waals surface area contributed by atoms with Gasteiger partial charge in [0, 0.05) is 17.8 Å². The van der Waals surface area contributed by atoms with Crippen LogP contribution in [0.15, 0.2) is 48.5 Å². The van der Waals surface area contributed by atoms with Crippen LogP contribution in [0.1, 0.15) is 35.7 Å². The van der Waals surface area contributed by atoms with Crippen molar-refractivity contribution in [2.75, 3.05) is 5.32 Å². The van der Waals surface area contributed by atoms with Crippen LogP contribution >= 0.6 is 12.4 Å². The molecule has 7 heteroatoms. The predicted octanol–water partition coefficient (Wildman–Crippen LogP) is 3.24. The first-order valence-electron chi connectivity index (χ1n) is 8.18. The zero-order valence-electron chi connectivity index (χ0n) is 14.5. The molecular weight excluding hydrogens is 357 g/mol. The predicted molar refractivity (Wildman–Crippen MR) is 103 cm³/mol. The van der Waals surface area contributed by atoms with Crippen molar-refractivity contribution in [2.24, 2.45) is 5.73 Å². The fraction of sp³-hybridized carbons (Fsp3) is 0.263. The van der Waals surface area contributed by atoms with Crippen molar-refractivity contribution in [1.82, 2.24) is 5.32 Å². The molecule has 0 fully saturated rings. The van der Waals surface area contributed by atoms with Crippen molar-refractivity contribution in [3.63, 3.8) is 0 Å². The Morgan fingerprint density at radius 1 is 1.08 bits per heavy atom. The molecule has 1 atom stereocenters. The number of carbonyl (C=O) groups excluding carboxylic acids is 2. The quantitative estimate of drug-likeness (QED) is 0.690. The molecule has 0 heterocycles. The first-order valence-corrected chi connectivity index (χ1v) is 8.18. The average molecular weight is 380 g/mol. The number of rotatable bonds is 7. The van der Waals surface area contributed by atoms with Gasteiger partial charge < -0.3 is 16.4 Å². The number of anilines is 1. The summed E-state index contributed by atoms with van der Waals surface area (Å²) >= 11 is 0. The van der Waals surface area contributed by atoms with Crippen LogP contribution in [0.25, 0.3) is 0 Å². The maximum atomic E-state index is 12.9. The molecule has 2 aromatic rings. The standard InChI is InChI=1S/C19H22FN3O2.ClH/c1-2-3-17(21)19(25)22-12-13-4-10-16(11-5-13)23-18(24)14-6-8-15(20)9-7-14;/h4-11,17H,2-3,12,21H2,1H3,(H,22,25)(H,23,24);1H. The van der Waals surface area contributed by atoms with E-state index in [2.05, 4.69) is 10.6 Å². The fourth-order valence-electron chi connectivity index (χ4n) is 2.27. The lowest BCUT2D eigenvalue weighted by Crippen LogP contribution is -2.40. The fourth-order valence-corrected chi connectivity index (χ4v) is 2.27. The molecule has 0 aliphatic heterocycles. The minimum atomic E-state index is -0.487. The average Bonchev–Trinajstić information content (AvgIpc) is 2.61. The molecule has 140 valence electrons. The molecule has 0 saturated heterocycles. The SMILES string of the molecule is CCCC(N)C(=O)NCc1ccc(NC(=O)c2ccc(F)cc2)cc1.Cl. The molecule has 0 radical (unpaired) electrons. The third-order valence-corrected chi connectivity index (χ3v) is 3.72. The molecule has 0 bridgehead atoms. The highest BCUT2D eigenvalue weighted by molar-refractivity contribution is 6.04. The summed E-state index contributed by atoms with van der Waals surface area (Å²) < 4.78 is 12.9. The molecule has 0 spiro atoms. The van der Waals surface area contributed by atoms with Gasteiger partial charge in [0.2, 0.25) is 5.91 Å². The lowest BCUT2D eigenvalue weighted by atomic mass is 10.1. The van der Waals surface area contributed by atoms with Gasteiger partial charge in [0.25, 0.3) is 5.91 Å². The topological polar surface area (TPSA) is 84.2 Å². The smallest absolute Gasteiger partial charge is 0.255 e. The summed E-state index contributed by atoms with van der Waals surface area (Å²) in [5.41, 5.74) is 7.65. The minimum absolute atomic E-state index is 0. The maximum absolute atomic E-state index is 12.9. The number of hydrogen-bond donors (Lipinski definition) is 3. The second-order valence-corrected chi connectivity index (χ2v) is 5.77. The summed E-state index contributed by atoms with van der Waals surface area (Å²) in [6.45, 7) is 2.36. The van der Waals surface area contributed by atoms with E-state index in [1.165, 1.54) is 24.3 Å². The number of hydrogen-bond acceptors (Lipinski definition) is 3. The van der Waals surface area contributed by atoms with Crippen molar-refractivity contribution in [3.8, 4) is 0 Å². The monoisotopic (exact) mass is 379 g/mol. The Kier molecular flexibility index (Phi) is 8.75. The van der Waals surface area contributed by atoms with Crippen LogP contribution in [0.5, 0.6) is 0 Å². The molecule has 0 saturated carbocycles. The van der Waals surface area contributed by atoms with Crippen LogP contribution in [-0.2, 0) is 11.3 Å². The van der Waals surface area contributed by atoms with Gasteiger partial charge in [-0.25, -0.2) is 4.39 Å². The summed E-state index contributed by atoms with van der Waals surface area (Å²) in [5.74, 6) is -0.872. The Labute approximate surface area is 158 Å². The van der Waals surface area contributed by atoms with E-state index in [9.17, 15) is 14.0 Å². The van der Waals surface area contributed by atoms with E-state index in [0.717, 1.165) is 12.0 Å². The lowest BCUT2D eigenvalue weighted by Gasteiger charge is -2.11. The van der Waals surface area contributed by atoms with E-state index in [1.807, 2.05) is 19.1 Å². The Balaban J connectivity index is 0.00000338. The Morgan fingerprint density at radius 2 is 1.69 bits per heavy atom. The Hall–Kier alpha value is -2.44.